The average molecular weight is 136 g/mol. The maximum Gasteiger partial charge on any atom is 0.170 e. The van der Waals surface area contributed by atoms with E-state index in [4.69, 9.17) is 0 Å². The summed E-state index contributed by atoms with van der Waals surface area (Å²) in [7, 11) is 0. The second kappa shape index (κ2) is 1.94. The Kier molecular flexibility index (Phi) is 1.09. The van der Waals surface area contributed by atoms with E-state index in [1.54, 1.807) is 0 Å². The van der Waals surface area contributed by atoms with Crippen LogP contribution in [0.15, 0.2) is 6.07 Å². The van der Waals surface area contributed by atoms with Crippen LogP contribution in [0.1, 0.15) is 34.9 Å². The summed E-state index contributed by atoms with van der Waals surface area (Å²) in [5.74, 6) is 0.654. The molecule has 0 spiro atoms. The predicted molar refractivity (Wildman–Crippen MR) is 36.0 cm³/mol. The van der Waals surface area contributed by atoms with Gasteiger partial charge in [-0.05, 0) is 18.9 Å². The van der Waals surface area contributed by atoms with Gasteiger partial charge in [0.2, 0.25) is 0 Å². The average Bonchev–Trinajstić information content (AvgIpc) is 2.70. The van der Waals surface area contributed by atoms with Crippen molar-refractivity contribution in [2.24, 2.45) is 0 Å². The Balaban J connectivity index is 2.26. The first-order valence-electron chi connectivity index (χ1n) is 3.40. The molecule has 10 heavy (non-hydrogen) atoms. The minimum Gasteiger partial charge on any atom is -0.296 e. The third-order valence-electron chi connectivity index (χ3n) is 1.76. The van der Waals surface area contributed by atoms with Gasteiger partial charge in [-0.15, -0.1) is 0 Å². The molecule has 1 aliphatic carbocycles. The van der Waals surface area contributed by atoms with E-state index in [9.17, 15) is 4.79 Å². The highest BCUT2D eigenvalue weighted by atomic mass is 16.1. The summed E-state index contributed by atoms with van der Waals surface area (Å²) in [5.41, 5.74) is 1.63. The molecule has 0 saturated heterocycles. The van der Waals surface area contributed by atoms with Crippen molar-refractivity contribution >= 4 is 6.29 Å². The summed E-state index contributed by atoms with van der Waals surface area (Å²) in [6, 6.07) is 1.82. The van der Waals surface area contributed by atoms with Gasteiger partial charge in [-0.3, -0.25) is 9.89 Å². The molecule has 3 heteroatoms. The molecule has 1 aliphatic rings. The molecule has 0 amide bonds. The Morgan fingerprint density at radius 1 is 1.70 bits per heavy atom. The largest absolute Gasteiger partial charge is 0.296 e. The van der Waals surface area contributed by atoms with Gasteiger partial charge in [-0.1, -0.05) is 0 Å². The normalized spacial score (nSPS) is 17.2. The molecule has 0 radical (unpaired) electrons. The Labute approximate surface area is 58.4 Å². The van der Waals surface area contributed by atoms with Crippen molar-refractivity contribution in [3.63, 3.8) is 0 Å². The monoisotopic (exact) mass is 136 g/mol. The van der Waals surface area contributed by atoms with Crippen molar-refractivity contribution in [1.82, 2.24) is 10.2 Å². The smallest absolute Gasteiger partial charge is 0.170 e. The van der Waals surface area contributed by atoms with Gasteiger partial charge in [-0.2, -0.15) is 5.10 Å². The van der Waals surface area contributed by atoms with Crippen molar-refractivity contribution in [3.8, 4) is 0 Å². The summed E-state index contributed by atoms with van der Waals surface area (Å²) in [6.45, 7) is 0. The van der Waals surface area contributed by atoms with E-state index in [2.05, 4.69) is 10.2 Å². The number of aromatic nitrogens is 2. The minimum absolute atomic E-state index is 0.516. The Hall–Kier alpha value is -1.12. The second-order valence-electron chi connectivity index (χ2n) is 2.64. The van der Waals surface area contributed by atoms with E-state index in [-0.39, 0.29) is 0 Å². The Morgan fingerprint density at radius 3 is 3.00 bits per heavy atom. The van der Waals surface area contributed by atoms with Crippen LogP contribution in [0.5, 0.6) is 0 Å². The molecule has 3 nitrogen and oxygen atoms in total. The van der Waals surface area contributed by atoms with Crippen LogP contribution in [0.3, 0.4) is 0 Å². The first-order valence-corrected chi connectivity index (χ1v) is 3.40. The molecule has 1 saturated carbocycles. The first-order chi connectivity index (χ1) is 4.90. The van der Waals surface area contributed by atoms with Crippen molar-refractivity contribution < 1.29 is 4.79 Å². The van der Waals surface area contributed by atoms with E-state index >= 15 is 0 Å². The molecule has 1 N–H and O–H groups in total. The molecular formula is C7H8N2O. The number of hydrogen-bond acceptors (Lipinski definition) is 2. The standard InChI is InChI=1S/C7H8N2O/c10-4-6-3-7(9-8-6)5-1-2-5/h3-5H,1-2H2,(H,8,9). The van der Waals surface area contributed by atoms with Gasteiger partial charge in [0.15, 0.2) is 6.29 Å². The highest BCUT2D eigenvalue weighted by Crippen LogP contribution is 2.38. The highest BCUT2D eigenvalue weighted by Gasteiger charge is 2.25. The van der Waals surface area contributed by atoms with E-state index < -0.39 is 0 Å². The fourth-order valence-corrected chi connectivity index (χ4v) is 1.02. The summed E-state index contributed by atoms with van der Waals surface area (Å²) >= 11 is 0. The van der Waals surface area contributed by atoms with Gasteiger partial charge in [0.05, 0.1) is 0 Å². The van der Waals surface area contributed by atoms with Gasteiger partial charge in [0, 0.05) is 11.6 Å². The third kappa shape index (κ3) is 0.835. The summed E-state index contributed by atoms with van der Waals surface area (Å²) in [4.78, 5) is 10.2. The number of aldehydes is 1. The number of H-pyrrole nitrogens is 1. The van der Waals surface area contributed by atoms with E-state index in [1.165, 1.54) is 12.8 Å². The van der Waals surface area contributed by atoms with Crippen LogP contribution in [-0.4, -0.2) is 16.5 Å². The predicted octanol–water partition coefficient (Wildman–Crippen LogP) is 1.10. The van der Waals surface area contributed by atoms with Crippen molar-refractivity contribution in [1.29, 1.82) is 0 Å². The summed E-state index contributed by atoms with van der Waals surface area (Å²) in [5, 5.41) is 6.64. The lowest BCUT2D eigenvalue weighted by Crippen LogP contribution is -1.76. The molecule has 1 aromatic heterocycles. The SMILES string of the molecule is O=Cc1cc(C2CC2)[nH]n1. The highest BCUT2D eigenvalue weighted by molar-refractivity contribution is 5.71. The Bertz CT molecular complexity index is 250. The molecule has 1 aromatic rings. The maximum absolute atomic E-state index is 10.2. The van der Waals surface area contributed by atoms with Crippen LogP contribution in [0.25, 0.3) is 0 Å². The first kappa shape index (κ1) is 5.65. The van der Waals surface area contributed by atoms with E-state index in [0.717, 1.165) is 12.0 Å². The molecule has 0 aliphatic heterocycles. The summed E-state index contributed by atoms with van der Waals surface area (Å²) < 4.78 is 0. The van der Waals surface area contributed by atoms with Crippen LogP contribution in [0.4, 0.5) is 0 Å². The zero-order valence-electron chi connectivity index (χ0n) is 5.50. The molecule has 52 valence electrons. The third-order valence-corrected chi connectivity index (χ3v) is 1.76. The van der Waals surface area contributed by atoms with Crippen molar-refractivity contribution in [2.75, 3.05) is 0 Å². The van der Waals surface area contributed by atoms with Crippen LogP contribution in [-0.2, 0) is 0 Å². The van der Waals surface area contributed by atoms with Gasteiger partial charge in [0.1, 0.15) is 5.69 Å². The lowest BCUT2D eigenvalue weighted by atomic mass is 10.3. The summed E-state index contributed by atoms with van der Waals surface area (Å²) in [6.07, 6.45) is 3.24. The van der Waals surface area contributed by atoms with Gasteiger partial charge in [0.25, 0.3) is 0 Å². The number of carbonyl (C=O) groups is 1. The quantitative estimate of drug-likeness (QED) is 0.619. The van der Waals surface area contributed by atoms with E-state index in [0.29, 0.717) is 11.6 Å². The number of hydrogen-bond donors (Lipinski definition) is 1. The van der Waals surface area contributed by atoms with Crippen molar-refractivity contribution in [2.45, 2.75) is 18.8 Å². The van der Waals surface area contributed by atoms with Gasteiger partial charge < -0.3 is 0 Å². The van der Waals surface area contributed by atoms with Crippen LogP contribution < -0.4 is 0 Å². The maximum atomic E-state index is 10.2. The molecular weight excluding hydrogens is 128 g/mol. The molecule has 0 bridgehead atoms. The minimum atomic E-state index is 0.516. The van der Waals surface area contributed by atoms with Gasteiger partial charge in [-0.25, -0.2) is 0 Å². The van der Waals surface area contributed by atoms with Crippen molar-refractivity contribution in [3.05, 3.63) is 17.5 Å². The molecule has 2 rings (SSSR count). The molecule has 0 unspecified atom stereocenters. The lowest BCUT2D eigenvalue weighted by Gasteiger charge is -1.83. The van der Waals surface area contributed by atoms with Crippen LogP contribution in [0, 0.1) is 0 Å². The van der Waals surface area contributed by atoms with Crippen LogP contribution in [0.2, 0.25) is 0 Å². The van der Waals surface area contributed by atoms with Crippen LogP contribution >= 0.6 is 0 Å². The Morgan fingerprint density at radius 2 is 2.50 bits per heavy atom. The topological polar surface area (TPSA) is 45.8 Å². The second-order valence-corrected chi connectivity index (χ2v) is 2.64. The molecule has 1 fully saturated rings. The number of carbonyl (C=O) groups excluding carboxylic acids is 1. The lowest BCUT2D eigenvalue weighted by molar-refractivity contribution is 0.111. The molecule has 0 atom stereocenters. The zero-order valence-corrected chi connectivity index (χ0v) is 5.50. The fraction of sp³-hybridized carbons (Fsp3) is 0.429. The number of nitrogens with zero attached hydrogens (tertiary/aromatic N) is 1. The molecule has 1 heterocycles. The zero-order chi connectivity index (χ0) is 6.97. The van der Waals surface area contributed by atoms with E-state index in [1.807, 2.05) is 6.07 Å². The number of rotatable bonds is 2. The fourth-order valence-electron chi connectivity index (χ4n) is 1.02. The number of nitrogens with one attached hydrogen (secondary N) is 1. The molecule has 0 aromatic carbocycles. The van der Waals surface area contributed by atoms with Gasteiger partial charge >= 0.3 is 0 Å². The number of aromatic amines is 1.